The second-order valence-corrected chi connectivity index (χ2v) is 11.9. The van der Waals surface area contributed by atoms with Crippen LogP contribution in [0.4, 0.5) is 0 Å². The Hall–Kier alpha value is -7.03. The van der Waals surface area contributed by atoms with Crippen molar-refractivity contribution in [2.75, 3.05) is 0 Å². The lowest BCUT2D eigenvalue weighted by molar-refractivity contribution is 1.18. The fraction of sp³-hybridized carbons (Fsp3) is 0. The molecule has 0 bridgehead atoms. The summed E-state index contributed by atoms with van der Waals surface area (Å²) >= 11 is 0. The molecule has 2 aromatic heterocycles. The van der Waals surface area contributed by atoms with Gasteiger partial charge >= 0.3 is 0 Å². The first-order valence-electron chi connectivity index (χ1n) is 16.4. The Morgan fingerprint density at radius 1 is 0.300 bits per heavy atom. The molecule has 0 atom stereocenters. The summed E-state index contributed by atoms with van der Waals surface area (Å²) < 4.78 is 0. The third-order valence-electron chi connectivity index (χ3n) is 8.53. The fourth-order valence-electron chi connectivity index (χ4n) is 5.96. The zero-order chi connectivity index (χ0) is 33.7. The summed E-state index contributed by atoms with van der Waals surface area (Å²) in [7, 11) is 0. The van der Waals surface area contributed by atoms with Gasteiger partial charge in [0.05, 0.1) is 34.4 Å². The Kier molecular flexibility index (Phi) is 8.25. The Labute approximate surface area is 290 Å². The van der Waals surface area contributed by atoms with E-state index in [4.69, 9.17) is 19.9 Å². The van der Waals surface area contributed by atoms with E-state index in [1.165, 1.54) is 0 Å². The van der Waals surface area contributed by atoms with E-state index in [1.54, 1.807) is 0 Å². The van der Waals surface area contributed by atoms with Gasteiger partial charge in [0.15, 0.2) is 11.6 Å². The number of hydrogen-bond acceptors (Lipinski definition) is 5. The van der Waals surface area contributed by atoms with E-state index in [-0.39, 0.29) is 0 Å². The van der Waals surface area contributed by atoms with E-state index in [2.05, 4.69) is 48.5 Å². The molecular weight excluding hydrogens is 611 g/mol. The smallest absolute Gasteiger partial charge is 0.160 e. The maximum Gasteiger partial charge on any atom is 0.160 e. The van der Waals surface area contributed by atoms with Crippen LogP contribution in [0.25, 0.3) is 78.9 Å². The predicted molar refractivity (Wildman–Crippen MR) is 200 cm³/mol. The van der Waals surface area contributed by atoms with Gasteiger partial charge in [0, 0.05) is 33.4 Å². The molecule has 8 aromatic rings. The van der Waals surface area contributed by atoms with Crippen LogP contribution in [0.5, 0.6) is 0 Å². The van der Waals surface area contributed by atoms with Crippen LogP contribution in [0.2, 0.25) is 0 Å². The van der Waals surface area contributed by atoms with Crippen LogP contribution in [0.3, 0.4) is 0 Å². The first-order chi connectivity index (χ1) is 24.7. The van der Waals surface area contributed by atoms with Crippen molar-refractivity contribution >= 4 is 0 Å². The van der Waals surface area contributed by atoms with Crippen molar-refractivity contribution in [3.8, 4) is 85.0 Å². The molecule has 0 spiro atoms. The Balaban J connectivity index is 1.37. The minimum atomic E-state index is 0.608. The van der Waals surface area contributed by atoms with E-state index < -0.39 is 0 Å². The van der Waals surface area contributed by atoms with Crippen LogP contribution < -0.4 is 0 Å². The van der Waals surface area contributed by atoms with Crippen LogP contribution in [0.15, 0.2) is 176 Å². The highest BCUT2D eigenvalue weighted by Gasteiger charge is 2.16. The molecule has 5 heteroatoms. The zero-order valence-corrected chi connectivity index (χ0v) is 27.0. The van der Waals surface area contributed by atoms with Crippen molar-refractivity contribution in [1.29, 1.82) is 5.26 Å². The average Bonchev–Trinajstić information content (AvgIpc) is 3.21. The van der Waals surface area contributed by atoms with Gasteiger partial charge in [-0.25, -0.2) is 19.9 Å². The molecule has 0 aliphatic rings. The standard InChI is InChI=1S/C45H29N5/c46-30-31-21-23-32(24-22-31)37-25-38(42-28-40(33-13-5-1-6-14-33)47-44(49-42)35-17-9-3-10-18-35)27-39(26-37)43-29-41(34-15-7-2-8-16-34)48-45(50-43)36-19-11-4-12-20-36/h1-29H. The van der Waals surface area contributed by atoms with Crippen molar-refractivity contribution in [2.24, 2.45) is 0 Å². The molecular formula is C45H29N5. The highest BCUT2D eigenvalue weighted by molar-refractivity contribution is 5.83. The summed E-state index contributed by atoms with van der Waals surface area (Å²) in [5.74, 6) is 1.29. The predicted octanol–water partition coefficient (Wildman–Crippen LogP) is 10.8. The van der Waals surface area contributed by atoms with Crippen molar-refractivity contribution in [3.05, 3.63) is 181 Å². The molecule has 50 heavy (non-hydrogen) atoms. The molecule has 6 aromatic carbocycles. The van der Waals surface area contributed by atoms with Gasteiger partial charge in [0.2, 0.25) is 0 Å². The van der Waals surface area contributed by atoms with Crippen molar-refractivity contribution < 1.29 is 0 Å². The van der Waals surface area contributed by atoms with Gasteiger partial charge in [-0.2, -0.15) is 5.26 Å². The lowest BCUT2D eigenvalue weighted by Gasteiger charge is -2.14. The van der Waals surface area contributed by atoms with E-state index in [0.29, 0.717) is 17.2 Å². The molecule has 0 N–H and O–H groups in total. The summed E-state index contributed by atoms with van der Waals surface area (Å²) in [5.41, 5.74) is 11.5. The summed E-state index contributed by atoms with van der Waals surface area (Å²) in [4.78, 5) is 20.3. The van der Waals surface area contributed by atoms with Gasteiger partial charge < -0.3 is 0 Å². The maximum absolute atomic E-state index is 9.49. The van der Waals surface area contributed by atoms with Crippen LogP contribution in [0.1, 0.15) is 5.56 Å². The SMILES string of the molecule is N#Cc1ccc(-c2cc(-c3cc(-c4ccccc4)nc(-c4ccccc4)n3)cc(-c3cc(-c4ccccc4)nc(-c4ccccc4)n3)c2)cc1. The molecule has 2 heterocycles. The fourth-order valence-corrected chi connectivity index (χ4v) is 5.96. The van der Waals surface area contributed by atoms with Crippen molar-refractivity contribution in [2.45, 2.75) is 0 Å². The van der Waals surface area contributed by atoms with Gasteiger partial charge in [-0.15, -0.1) is 0 Å². The number of rotatable bonds is 7. The molecule has 234 valence electrons. The van der Waals surface area contributed by atoms with Crippen molar-refractivity contribution in [1.82, 2.24) is 19.9 Å². The second kappa shape index (κ2) is 13.6. The monoisotopic (exact) mass is 639 g/mol. The first kappa shape index (κ1) is 30.3. The summed E-state index contributed by atoms with van der Waals surface area (Å²) in [5, 5.41) is 9.49. The Morgan fingerprint density at radius 3 is 1.02 bits per heavy atom. The number of benzene rings is 6. The molecule has 0 aliphatic heterocycles. The van der Waals surface area contributed by atoms with E-state index in [0.717, 1.165) is 67.3 Å². The first-order valence-corrected chi connectivity index (χ1v) is 16.4. The van der Waals surface area contributed by atoms with Crippen LogP contribution in [-0.4, -0.2) is 19.9 Å². The van der Waals surface area contributed by atoms with Gasteiger partial charge in [-0.1, -0.05) is 133 Å². The largest absolute Gasteiger partial charge is 0.228 e. The minimum Gasteiger partial charge on any atom is -0.228 e. The minimum absolute atomic E-state index is 0.608. The van der Waals surface area contributed by atoms with Gasteiger partial charge in [-0.05, 0) is 53.6 Å². The third kappa shape index (κ3) is 6.42. The van der Waals surface area contributed by atoms with Gasteiger partial charge in [0.1, 0.15) is 0 Å². The normalized spacial score (nSPS) is 10.8. The van der Waals surface area contributed by atoms with E-state index in [1.807, 2.05) is 133 Å². The Morgan fingerprint density at radius 2 is 0.640 bits per heavy atom. The highest BCUT2D eigenvalue weighted by Crippen LogP contribution is 2.36. The second-order valence-electron chi connectivity index (χ2n) is 11.9. The number of nitrogens with zero attached hydrogens (tertiary/aromatic N) is 5. The molecule has 0 aliphatic carbocycles. The number of hydrogen-bond donors (Lipinski definition) is 0. The molecule has 0 saturated carbocycles. The quantitative estimate of drug-likeness (QED) is 0.173. The average molecular weight is 640 g/mol. The van der Waals surface area contributed by atoms with Crippen LogP contribution in [0, 0.1) is 11.3 Å². The molecule has 0 radical (unpaired) electrons. The van der Waals surface area contributed by atoms with Crippen molar-refractivity contribution in [3.63, 3.8) is 0 Å². The summed E-state index contributed by atoms with van der Waals surface area (Å²) in [6, 6.07) is 60.9. The highest BCUT2D eigenvalue weighted by atomic mass is 14.9. The molecule has 5 nitrogen and oxygen atoms in total. The molecule has 0 fully saturated rings. The lowest BCUT2D eigenvalue weighted by atomic mass is 9.95. The van der Waals surface area contributed by atoms with Gasteiger partial charge in [-0.3, -0.25) is 0 Å². The topological polar surface area (TPSA) is 75.3 Å². The van der Waals surface area contributed by atoms with Gasteiger partial charge in [0.25, 0.3) is 0 Å². The Bertz CT molecular complexity index is 2200. The zero-order valence-electron chi connectivity index (χ0n) is 27.0. The maximum atomic E-state index is 9.49. The molecule has 0 saturated heterocycles. The molecule has 0 unspecified atom stereocenters. The van der Waals surface area contributed by atoms with Crippen LogP contribution >= 0.6 is 0 Å². The summed E-state index contributed by atoms with van der Waals surface area (Å²) in [6.07, 6.45) is 0. The number of nitriles is 1. The van der Waals surface area contributed by atoms with Crippen LogP contribution in [-0.2, 0) is 0 Å². The summed E-state index contributed by atoms with van der Waals surface area (Å²) in [6.45, 7) is 0. The van der Waals surface area contributed by atoms with E-state index >= 15 is 0 Å². The third-order valence-corrected chi connectivity index (χ3v) is 8.53. The lowest BCUT2D eigenvalue weighted by Crippen LogP contribution is -1.98. The number of aromatic nitrogens is 4. The van der Waals surface area contributed by atoms with E-state index in [9.17, 15) is 5.26 Å². The molecule has 0 amide bonds. The molecule has 8 rings (SSSR count).